The molecule has 0 spiro atoms. The fourth-order valence-electron chi connectivity index (χ4n) is 3.77. The van der Waals surface area contributed by atoms with Crippen LogP contribution in [0, 0.1) is 6.92 Å². The van der Waals surface area contributed by atoms with Crippen LogP contribution >= 0.6 is 12.4 Å². The van der Waals surface area contributed by atoms with E-state index in [4.69, 9.17) is 9.40 Å². The Morgan fingerprint density at radius 2 is 2.03 bits per heavy atom. The second-order valence-corrected chi connectivity index (χ2v) is 7.48. The smallest absolute Gasteiger partial charge is 0.192 e. The minimum Gasteiger partial charge on any atom is -0.441 e. The molecule has 3 aromatic heterocycles. The number of oxazole rings is 1. The van der Waals surface area contributed by atoms with Crippen molar-refractivity contribution in [3.05, 3.63) is 42.5 Å². The van der Waals surface area contributed by atoms with Gasteiger partial charge in [-0.25, -0.2) is 19.3 Å². The quantitative estimate of drug-likeness (QED) is 0.506. The van der Waals surface area contributed by atoms with Crippen LogP contribution in [0.2, 0.25) is 0 Å². The summed E-state index contributed by atoms with van der Waals surface area (Å²) >= 11 is 0. The van der Waals surface area contributed by atoms with Crippen LogP contribution in [-0.2, 0) is 0 Å². The van der Waals surface area contributed by atoms with E-state index in [9.17, 15) is 0 Å². The molecule has 0 bridgehead atoms. The molecule has 0 amide bonds. The zero-order valence-electron chi connectivity index (χ0n) is 16.5. The SMILES string of the molecule is Cc1nc2ccc(-c3cc4nccnc4c(NCC4(F)CCCNC4)n3)cc2o1.Cl. The van der Waals surface area contributed by atoms with Gasteiger partial charge in [-0.05, 0) is 37.6 Å². The highest BCUT2D eigenvalue weighted by Crippen LogP contribution is 2.29. The summed E-state index contributed by atoms with van der Waals surface area (Å²) in [5.41, 5.74) is 3.11. The van der Waals surface area contributed by atoms with Crippen LogP contribution in [0.15, 0.2) is 41.1 Å². The van der Waals surface area contributed by atoms with E-state index in [1.165, 1.54) is 0 Å². The van der Waals surface area contributed by atoms with Gasteiger partial charge in [0.15, 0.2) is 17.3 Å². The summed E-state index contributed by atoms with van der Waals surface area (Å²) in [7, 11) is 0. The maximum absolute atomic E-state index is 15.1. The standard InChI is InChI=1S/C21H21FN6O.ClH/c1-13-27-15-4-3-14(9-18(15)29-13)16-10-17-19(25-8-7-24-17)20(28-16)26-12-21(22)5-2-6-23-11-21;/h3-4,7-10,23H,2,5-6,11-12H2,1H3,(H,26,28);1H. The predicted molar refractivity (Wildman–Crippen MR) is 117 cm³/mol. The van der Waals surface area contributed by atoms with Crippen LogP contribution in [0.1, 0.15) is 18.7 Å². The molecular formula is C21H22ClFN6O. The van der Waals surface area contributed by atoms with Gasteiger partial charge in [-0.15, -0.1) is 12.4 Å². The van der Waals surface area contributed by atoms with Crippen molar-refractivity contribution in [2.24, 2.45) is 0 Å². The number of nitrogens with zero attached hydrogens (tertiary/aromatic N) is 4. The molecular weight excluding hydrogens is 407 g/mol. The molecule has 4 heterocycles. The van der Waals surface area contributed by atoms with Gasteiger partial charge in [0.05, 0.1) is 17.8 Å². The number of halogens is 2. The highest BCUT2D eigenvalue weighted by molar-refractivity contribution is 5.89. The number of aromatic nitrogens is 4. The highest BCUT2D eigenvalue weighted by Gasteiger charge is 2.31. The lowest BCUT2D eigenvalue weighted by Crippen LogP contribution is -2.46. The summed E-state index contributed by atoms with van der Waals surface area (Å²) in [4.78, 5) is 17.9. The second kappa shape index (κ2) is 8.12. The molecule has 1 aliphatic rings. The van der Waals surface area contributed by atoms with E-state index >= 15 is 4.39 Å². The molecule has 5 rings (SSSR count). The number of pyridine rings is 1. The van der Waals surface area contributed by atoms with Crippen LogP contribution in [0.5, 0.6) is 0 Å². The first-order chi connectivity index (χ1) is 14.1. The third-order valence-corrected chi connectivity index (χ3v) is 5.24. The molecule has 0 radical (unpaired) electrons. The molecule has 156 valence electrons. The number of piperidine rings is 1. The molecule has 1 aliphatic heterocycles. The number of benzene rings is 1. The Bertz CT molecular complexity index is 1190. The number of fused-ring (bicyclic) bond motifs is 2. The number of aryl methyl sites for hydroxylation is 1. The summed E-state index contributed by atoms with van der Waals surface area (Å²) in [6.45, 7) is 3.18. The lowest BCUT2D eigenvalue weighted by molar-refractivity contribution is 0.137. The molecule has 1 aromatic carbocycles. The Morgan fingerprint density at radius 1 is 1.17 bits per heavy atom. The van der Waals surface area contributed by atoms with E-state index < -0.39 is 5.67 Å². The molecule has 7 nitrogen and oxygen atoms in total. The largest absolute Gasteiger partial charge is 0.441 e. The van der Waals surface area contributed by atoms with Crippen LogP contribution in [0.3, 0.4) is 0 Å². The molecule has 9 heteroatoms. The number of hydrogen-bond donors (Lipinski definition) is 2. The molecule has 1 saturated heterocycles. The van der Waals surface area contributed by atoms with Crippen molar-refractivity contribution < 1.29 is 8.81 Å². The first kappa shape index (κ1) is 20.4. The fourth-order valence-corrected chi connectivity index (χ4v) is 3.77. The third-order valence-electron chi connectivity index (χ3n) is 5.24. The number of anilines is 1. The molecule has 0 saturated carbocycles. The van der Waals surface area contributed by atoms with E-state index in [0.29, 0.717) is 47.0 Å². The highest BCUT2D eigenvalue weighted by atomic mass is 35.5. The average molecular weight is 429 g/mol. The fraction of sp³-hybridized carbons (Fsp3) is 0.333. The molecule has 1 unspecified atom stereocenters. The number of alkyl halides is 1. The van der Waals surface area contributed by atoms with Gasteiger partial charge < -0.3 is 15.1 Å². The van der Waals surface area contributed by atoms with E-state index in [1.807, 2.05) is 31.2 Å². The maximum Gasteiger partial charge on any atom is 0.192 e. The zero-order valence-corrected chi connectivity index (χ0v) is 17.3. The summed E-state index contributed by atoms with van der Waals surface area (Å²) < 4.78 is 20.7. The van der Waals surface area contributed by atoms with Crippen molar-refractivity contribution in [2.75, 3.05) is 25.0 Å². The Hall–Kier alpha value is -2.84. The molecule has 2 N–H and O–H groups in total. The zero-order chi connectivity index (χ0) is 19.8. The first-order valence-electron chi connectivity index (χ1n) is 9.73. The average Bonchev–Trinajstić information content (AvgIpc) is 3.11. The van der Waals surface area contributed by atoms with Crippen molar-refractivity contribution in [3.8, 4) is 11.3 Å². The summed E-state index contributed by atoms with van der Waals surface area (Å²) in [6, 6.07) is 7.64. The van der Waals surface area contributed by atoms with Gasteiger partial charge in [0.25, 0.3) is 0 Å². The molecule has 30 heavy (non-hydrogen) atoms. The van der Waals surface area contributed by atoms with Crippen LogP contribution in [-0.4, -0.2) is 45.2 Å². The van der Waals surface area contributed by atoms with Crippen molar-refractivity contribution >= 4 is 40.4 Å². The van der Waals surface area contributed by atoms with Gasteiger partial charge in [-0.1, -0.05) is 6.07 Å². The molecule has 4 aromatic rings. The summed E-state index contributed by atoms with van der Waals surface area (Å²) in [5, 5.41) is 6.31. The second-order valence-electron chi connectivity index (χ2n) is 7.48. The van der Waals surface area contributed by atoms with E-state index in [0.717, 1.165) is 24.0 Å². The predicted octanol–water partition coefficient (Wildman–Crippen LogP) is 4.07. The van der Waals surface area contributed by atoms with Crippen LogP contribution < -0.4 is 10.6 Å². The number of nitrogens with one attached hydrogen (secondary N) is 2. The summed E-state index contributed by atoms with van der Waals surface area (Å²) in [6.07, 6.45) is 4.60. The maximum atomic E-state index is 15.1. The number of hydrogen-bond acceptors (Lipinski definition) is 7. The van der Waals surface area contributed by atoms with Gasteiger partial charge >= 0.3 is 0 Å². The summed E-state index contributed by atoms with van der Waals surface area (Å²) in [5.74, 6) is 1.15. The minimum absolute atomic E-state index is 0. The van der Waals surface area contributed by atoms with Crippen LogP contribution in [0.25, 0.3) is 33.4 Å². The van der Waals surface area contributed by atoms with Crippen LogP contribution in [0.4, 0.5) is 10.2 Å². The Balaban J connectivity index is 0.00000218. The minimum atomic E-state index is -1.30. The normalized spacial score (nSPS) is 19.0. The molecule has 1 fully saturated rings. The lowest BCUT2D eigenvalue weighted by Gasteiger charge is -2.30. The van der Waals surface area contributed by atoms with E-state index in [-0.39, 0.29) is 19.0 Å². The Labute approximate surface area is 178 Å². The van der Waals surface area contributed by atoms with Gasteiger partial charge in [0.2, 0.25) is 0 Å². The van der Waals surface area contributed by atoms with Gasteiger partial charge in [0.1, 0.15) is 16.7 Å². The van der Waals surface area contributed by atoms with Crippen molar-refractivity contribution in [1.29, 1.82) is 0 Å². The Kier molecular flexibility index (Phi) is 5.53. The van der Waals surface area contributed by atoms with Crippen molar-refractivity contribution in [2.45, 2.75) is 25.4 Å². The lowest BCUT2D eigenvalue weighted by atomic mass is 9.96. The monoisotopic (exact) mass is 428 g/mol. The topological polar surface area (TPSA) is 88.8 Å². The van der Waals surface area contributed by atoms with Gasteiger partial charge in [-0.2, -0.15) is 0 Å². The van der Waals surface area contributed by atoms with Crippen molar-refractivity contribution in [3.63, 3.8) is 0 Å². The first-order valence-corrected chi connectivity index (χ1v) is 9.73. The van der Waals surface area contributed by atoms with Gasteiger partial charge in [-0.3, -0.25) is 4.98 Å². The molecule has 1 atom stereocenters. The van der Waals surface area contributed by atoms with Crippen molar-refractivity contribution in [1.82, 2.24) is 25.3 Å². The molecule has 0 aliphatic carbocycles. The van der Waals surface area contributed by atoms with E-state index in [1.54, 1.807) is 12.4 Å². The number of rotatable bonds is 4. The van der Waals surface area contributed by atoms with E-state index in [2.05, 4.69) is 25.6 Å². The van der Waals surface area contributed by atoms with Gasteiger partial charge in [0, 0.05) is 31.4 Å². The Morgan fingerprint density at radius 3 is 2.87 bits per heavy atom. The third kappa shape index (κ3) is 3.93.